The molecule has 0 aromatic carbocycles. The molecule has 1 heterocycles. The van der Waals surface area contributed by atoms with Crippen LogP contribution in [0.1, 0.15) is 29.5 Å². The number of aliphatic hydroxyl groups is 1. The van der Waals surface area contributed by atoms with Gasteiger partial charge in [-0.05, 0) is 6.42 Å². The van der Waals surface area contributed by atoms with E-state index in [1.54, 1.807) is 0 Å². The molecule has 0 saturated heterocycles. The highest BCUT2D eigenvalue weighted by atomic mass is 32.2. The van der Waals surface area contributed by atoms with E-state index in [4.69, 9.17) is 0 Å². The number of aromatic nitrogens is 2. The van der Waals surface area contributed by atoms with Gasteiger partial charge >= 0.3 is 6.18 Å². The van der Waals surface area contributed by atoms with Gasteiger partial charge < -0.3 is 5.11 Å². The van der Waals surface area contributed by atoms with Crippen LogP contribution in [0.5, 0.6) is 0 Å². The second-order valence-electron chi connectivity index (χ2n) is 4.72. The topological polar surface area (TPSA) is 38.1 Å². The largest absolute Gasteiger partial charge is 0.435 e. The lowest BCUT2D eigenvalue weighted by Gasteiger charge is -2.28. The molecule has 1 aliphatic rings. The summed E-state index contributed by atoms with van der Waals surface area (Å²) in [5.74, 6) is -6.60. The second-order valence-corrected chi connectivity index (χ2v) is 5.82. The lowest BCUT2D eigenvalue weighted by molar-refractivity contribution is -0.150. The predicted octanol–water partition coefficient (Wildman–Crippen LogP) is 3.47. The van der Waals surface area contributed by atoms with Crippen LogP contribution < -0.4 is 0 Å². The molecular formula is C11H11F7N2OS. The van der Waals surface area contributed by atoms with Crippen molar-refractivity contribution in [3.63, 3.8) is 0 Å². The van der Waals surface area contributed by atoms with Crippen LogP contribution in [-0.4, -0.2) is 32.3 Å². The summed E-state index contributed by atoms with van der Waals surface area (Å²) in [5.41, 5.74) is -2.72. The van der Waals surface area contributed by atoms with Gasteiger partial charge in [0.1, 0.15) is 6.10 Å². The summed E-state index contributed by atoms with van der Waals surface area (Å²) in [4.78, 5) is 0. The fourth-order valence-corrected chi connectivity index (χ4v) is 2.77. The van der Waals surface area contributed by atoms with Crippen molar-refractivity contribution >= 4 is 11.8 Å². The van der Waals surface area contributed by atoms with Crippen molar-refractivity contribution in [2.45, 2.75) is 43.3 Å². The monoisotopic (exact) mass is 352 g/mol. The van der Waals surface area contributed by atoms with Gasteiger partial charge in [0, 0.05) is 23.4 Å². The summed E-state index contributed by atoms with van der Waals surface area (Å²) >= 11 is 0.208. The third-order valence-corrected chi connectivity index (χ3v) is 3.95. The number of fused-ring (bicyclic) bond motifs is 1. The van der Waals surface area contributed by atoms with Crippen LogP contribution >= 0.6 is 11.8 Å². The van der Waals surface area contributed by atoms with E-state index in [1.165, 1.54) is 0 Å². The molecule has 22 heavy (non-hydrogen) atoms. The van der Waals surface area contributed by atoms with Crippen molar-refractivity contribution in [1.29, 1.82) is 0 Å². The number of aliphatic hydroxyl groups excluding tert-OH is 1. The van der Waals surface area contributed by atoms with Crippen LogP contribution in [0.25, 0.3) is 0 Å². The zero-order valence-electron chi connectivity index (χ0n) is 10.9. The van der Waals surface area contributed by atoms with Crippen LogP contribution in [0, 0.1) is 0 Å². The normalized spacial score (nSPS) is 21.2. The second kappa shape index (κ2) is 5.91. The van der Waals surface area contributed by atoms with Crippen molar-refractivity contribution < 1.29 is 35.8 Å². The highest BCUT2D eigenvalue weighted by Gasteiger charge is 2.51. The number of alkyl halides is 7. The van der Waals surface area contributed by atoms with Crippen LogP contribution in [0.15, 0.2) is 0 Å². The lowest BCUT2D eigenvalue weighted by atomic mass is 9.89. The molecule has 0 fully saturated rings. The maximum absolute atomic E-state index is 13.5. The minimum Gasteiger partial charge on any atom is -0.382 e. The van der Waals surface area contributed by atoms with Crippen molar-refractivity contribution in [2.75, 3.05) is 5.75 Å². The molecular weight excluding hydrogens is 341 g/mol. The quantitative estimate of drug-likeness (QED) is 0.844. The third-order valence-electron chi connectivity index (χ3n) is 3.28. The van der Waals surface area contributed by atoms with Crippen molar-refractivity contribution in [3.8, 4) is 0 Å². The number of hydrogen-bond acceptors (Lipinski definition) is 3. The third kappa shape index (κ3) is 3.34. The lowest BCUT2D eigenvalue weighted by Crippen LogP contribution is -2.33. The van der Waals surface area contributed by atoms with Gasteiger partial charge in [-0.1, -0.05) is 11.8 Å². The Balaban J connectivity index is 2.38. The smallest absolute Gasteiger partial charge is 0.382 e. The Morgan fingerprint density at radius 3 is 2.55 bits per heavy atom. The van der Waals surface area contributed by atoms with Gasteiger partial charge in [-0.3, -0.25) is 4.68 Å². The molecule has 3 nitrogen and oxygen atoms in total. The Bertz CT molecular complexity index is 543. The Labute approximate surface area is 124 Å². The zero-order chi connectivity index (χ0) is 16.7. The van der Waals surface area contributed by atoms with Crippen molar-refractivity contribution in [3.05, 3.63) is 17.0 Å². The van der Waals surface area contributed by atoms with E-state index < -0.39 is 48.1 Å². The first kappa shape index (κ1) is 17.4. The molecule has 0 spiro atoms. The molecule has 1 aliphatic carbocycles. The maximum atomic E-state index is 13.5. The Morgan fingerprint density at radius 1 is 1.36 bits per heavy atom. The van der Waals surface area contributed by atoms with Crippen LogP contribution in [0.2, 0.25) is 0 Å². The number of thioether (sulfide) groups is 1. The predicted molar refractivity (Wildman–Crippen MR) is 63.9 cm³/mol. The average molecular weight is 352 g/mol. The van der Waals surface area contributed by atoms with Crippen LogP contribution in [0.3, 0.4) is 0 Å². The van der Waals surface area contributed by atoms with Gasteiger partial charge in [-0.25, -0.2) is 8.78 Å². The molecule has 0 saturated carbocycles. The average Bonchev–Trinajstić information content (AvgIpc) is 2.73. The minimum absolute atomic E-state index is 0.180. The van der Waals surface area contributed by atoms with Crippen molar-refractivity contribution in [1.82, 2.24) is 9.78 Å². The number of rotatable bonds is 4. The zero-order valence-corrected chi connectivity index (χ0v) is 11.7. The molecule has 0 radical (unpaired) electrons. The van der Waals surface area contributed by atoms with Crippen molar-refractivity contribution in [2.24, 2.45) is 0 Å². The van der Waals surface area contributed by atoms with E-state index in [0.29, 0.717) is 0 Å². The van der Waals surface area contributed by atoms with E-state index >= 15 is 0 Å². The number of aryl methyl sites for hydroxylation is 1. The molecule has 1 N–H and O–H groups in total. The van der Waals surface area contributed by atoms with Gasteiger partial charge in [0.15, 0.2) is 5.69 Å². The minimum atomic E-state index is -5.01. The van der Waals surface area contributed by atoms with Gasteiger partial charge in [0.25, 0.3) is 11.7 Å². The molecule has 0 amide bonds. The molecule has 11 heteroatoms. The number of halogens is 7. The Morgan fingerprint density at radius 2 is 2.00 bits per heavy atom. The summed E-state index contributed by atoms with van der Waals surface area (Å²) in [5, 5.41) is 12.7. The van der Waals surface area contributed by atoms with Crippen LogP contribution in [0.4, 0.5) is 30.7 Å². The first-order valence-electron chi connectivity index (χ1n) is 6.16. The molecule has 0 unspecified atom stereocenters. The molecule has 1 atom stereocenters. The SMILES string of the molecule is O[C@H]1c2c(C(F)(F)F)nn(CCSC(F)F)c2CCC1(F)F. The summed E-state index contributed by atoms with van der Waals surface area (Å²) in [6.07, 6.45) is -8.86. The number of nitrogens with zero attached hydrogens (tertiary/aromatic N) is 2. The number of hydrogen-bond donors (Lipinski definition) is 1. The van der Waals surface area contributed by atoms with E-state index in [2.05, 4.69) is 5.10 Å². The summed E-state index contributed by atoms with van der Waals surface area (Å²) in [6, 6.07) is 0. The summed E-state index contributed by atoms with van der Waals surface area (Å²) in [6.45, 7) is -0.286. The molecule has 0 aliphatic heterocycles. The Hall–Kier alpha value is -0.970. The van der Waals surface area contributed by atoms with E-state index in [-0.39, 0.29) is 29.8 Å². The molecule has 2 rings (SSSR count). The molecule has 126 valence electrons. The molecule has 0 bridgehead atoms. The summed E-state index contributed by atoms with van der Waals surface area (Å²) in [7, 11) is 0. The standard InChI is InChI=1S/C11H11F7N2OS/c12-9(13)22-4-3-20-5-1-2-10(14,15)8(21)6(5)7(19-20)11(16,17)18/h8-9,21H,1-4H2/t8-/m0/s1. The first-order chi connectivity index (χ1) is 10.0. The van der Waals surface area contributed by atoms with Gasteiger partial charge in [-0.15, -0.1) is 0 Å². The van der Waals surface area contributed by atoms with Gasteiger partial charge in [0.2, 0.25) is 0 Å². The first-order valence-corrected chi connectivity index (χ1v) is 7.21. The molecule has 1 aromatic heterocycles. The Kier molecular flexibility index (Phi) is 4.67. The van der Waals surface area contributed by atoms with Crippen LogP contribution in [-0.2, 0) is 19.1 Å². The van der Waals surface area contributed by atoms with Gasteiger partial charge in [0.05, 0.1) is 6.54 Å². The van der Waals surface area contributed by atoms with Gasteiger partial charge in [-0.2, -0.15) is 27.1 Å². The fourth-order valence-electron chi connectivity index (χ4n) is 2.32. The highest BCUT2D eigenvalue weighted by molar-refractivity contribution is 7.99. The van der Waals surface area contributed by atoms with E-state index in [1.807, 2.05) is 0 Å². The fraction of sp³-hybridized carbons (Fsp3) is 0.727. The summed E-state index contributed by atoms with van der Waals surface area (Å²) < 4.78 is 90.5. The highest BCUT2D eigenvalue weighted by Crippen LogP contribution is 2.46. The molecule has 1 aromatic rings. The van der Waals surface area contributed by atoms with E-state index in [9.17, 15) is 35.8 Å². The maximum Gasteiger partial charge on any atom is 0.435 e. The van der Waals surface area contributed by atoms with E-state index in [0.717, 1.165) is 4.68 Å².